The van der Waals surface area contributed by atoms with Crippen molar-refractivity contribution in [3.8, 4) is 11.3 Å². The second-order valence-electron chi connectivity index (χ2n) is 8.57. The van der Waals surface area contributed by atoms with Crippen molar-refractivity contribution in [2.45, 2.75) is 51.6 Å². The Morgan fingerprint density at radius 3 is 2.72 bits per heavy atom. The van der Waals surface area contributed by atoms with E-state index in [0.717, 1.165) is 11.1 Å². The molecule has 0 aliphatic heterocycles. The zero-order chi connectivity index (χ0) is 22.5. The lowest BCUT2D eigenvalue weighted by molar-refractivity contribution is 0.0890. The molecule has 168 valence electrons. The minimum Gasteiger partial charge on any atom is -0.451 e. The van der Waals surface area contributed by atoms with Gasteiger partial charge in [0.2, 0.25) is 0 Å². The molecule has 1 atom stereocenters. The molecule has 4 rings (SSSR count). The number of aryl methyl sites for hydroxylation is 1. The molecule has 2 amide bonds. The molecule has 1 fully saturated rings. The number of aromatic nitrogens is 2. The number of furan rings is 1. The number of carbonyl (C=O) groups excluding carboxylic acids is 2. The van der Waals surface area contributed by atoms with Crippen molar-refractivity contribution in [1.82, 2.24) is 20.2 Å². The molecule has 2 aromatic heterocycles. The molecule has 1 aliphatic rings. The highest BCUT2D eigenvalue weighted by Gasteiger charge is 2.23. The van der Waals surface area contributed by atoms with Gasteiger partial charge in [0.05, 0.1) is 0 Å². The molecule has 0 saturated heterocycles. The van der Waals surface area contributed by atoms with Gasteiger partial charge >= 0.3 is 0 Å². The zero-order valence-electron chi connectivity index (χ0n) is 18.6. The summed E-state index contributed by atoms with van der Waals surface area (Å²) in [6.45, 7) is 2.45. The highest BCUT2D eigenvalue weighted by Crippen LogP contribution is 2.27. The summed E-state index contributed by atoms with van der Waals surface area (Å²) in [5, 5.41) is 5.98. The molecule has 2 N–H and O–H groups in total. The Kier molecular flexibility index (Phi) is 6.73. The van der Waals surface area contributed by atoms with Gasteiger partial charge in [-0.1, -0.05) is 37.5 Å². The van der Waals surface area contributed by atoms with Crippen LogP contribution in [0.5, 0.6) is 0 Å². The van der Waals surface area contributed by atoms with E-state index in [1.807, 2.05) is 30.3 Å². The lowest BCUT2D eigenvalue weighted by Crippen LogP contribution is -2.38. The summed E-state index contributed by atoms with van der Waals surface area (Å²) in [5.74, 6) is 1.44. The first-order chi connectivity index (χ1) is 15.5. The van der Waals surface area contributed by atoms with Crippen LogP contribution >= 0.6 is 0 Å². The van der Waals surface area contributed by atoms with Gasteiger partial charge in [-0.25, -0.2) is 4.98 Å². The number of amides is 2. The SMILES string of the molecule is C[C@@H](NC(=O)c1ccc(-c2cccc(CNC(=O)c3nccn3C)c2)o1)C1CCCCC1. The molecule has 7 nitrogen and oxygen atoms in total. The molecule has 0 spiro atoms. The average molecular weight is 435 g/mol. The number of rotatable bonds is 7. The fourth-order valence-electron chi connectivity index (χ4n) is 4.33. The normalized spacial score (nSPS) is 15.3. The van der Waals surface area contributed by atoms with E-state index < -0.39 is 0 Å². The van der Waals surface area contributed by atoms with Crippen LogP contribution in [0.25, 0.3) is 11.3 Å². The first-order valence-corrected chi connectivity index (χ1v) is 11.3. The molecule has 0 bridgehead atoms. The van der Waals surface area contributed by atoms with Crippen LogP contribution in [0.1, 0.15) is 65.8 Å². The summed E-state index contributed by atoms with van der Waals surface area (Å²) >= 11 is 0. The molecule has 32 heavy (non-hydrogen) atoms. The number of hydrogen-bond acceptors (Lipinski definition) is 4. The summed E-state index contributed by atoms with van der Waals surface area (Å²) in [7, 11) is 1.78. The first-order valence-electron chi connectivity index (χ1n) is 11.3. The fraction of sp³-hybridized carbons (Fsp3) is 0.400. The first kappa shape index (κ1) is 21.9. The van der Waals surface area contributed by atoms with Crippen LogP contribution in [-0.2, 0) is 13.6 Å². The molecular weight excluding hydrogens is 404 g/mol. The van der Waals surface area contributed by atoms with Crippen LogP contribution in [0.4, 0.5) is 0 Å². The molecule has 0 unspecified atom stereocenters. The van der Waals surface area contributed by atoms with Crippen molar-refractivity contribution in [3.63, 3.8) is 0 Å². The zero-order valence-corrected chi connectivity index (χ0v) is 18.6. The second-order valence-corrected chi connectivity index (χ2v) is 8.57. The smallest absolute Gasteiger partial charge is 0.287 e. The van der Waals surface area contributed by atoms with E-state index in [9.17, 15) is 9.59 Å². The van der Waals surface area contributed by atoms with Crippen molar-refractivity contribution in [2.75, 3.05) is 0 Å². The van der Waals surface area contributed by atoms with Crippen LogP contribution < -0.4 is 10.6 Å². The van der Waals surface area contributed by atoms with Crippen molar-refractivity contribution < 1.29 is 14.0 Å². The van der Waals surface area contributed by atoms with Gasteiger partial charge in [-0.15, -0.1) is 0 Å². The van der Waals surface area contributed by atoms with Crippen molar-refractivity contribution in [3.05, 3.63) is 65.9 Å². The number of nitrogens with one attached hydrogen (secondary N) is 2. The van der Waals surface area contributed by atoms with Crippen LogP contribution in [0, 0.1) is 5.92 Å². The Balaban J connectivity index is 1.37. The van der Waals surface area contributed by atoms with Crippen molar-refractivity contribution in [1.29, 1.82) is 0 Å². The largest absolute Gasteiger partial charge is 0.451 e. The third-order valence-electron chi connectivity index (χ3n) is 6.23. The van der Waals surface area contributed by atoms with Crippen LogP contribution in [0.3, 0.4) is 0 Å². The lowest BCUT2D eigenvalue weighted by atomic mass is 9.84. The number of benzene rings is 1. The number of nitrogens with zero attached hydrogens (tertiary/aromatic N) is 2. The maximum Gasteiger partial charge on any atom is 0.287 e. The van der Waals surface area contributed by atoms with E-state index in [4.69, 9.17) is 4.42 Å². The minimum atomic E-state index is -0.230. The Bertz CT molecular complexity index is 1080. The van der Waals surface area contributed by atoms with Crippen LogP contribution in [0.15, 0.2) is 53.2 Å². The van der Waals surface area contributed by atoms with Crippen molar-refractivity contribution in [2.24, 2.45) is 13.0 Å². The topological polar surface area (TPSA) is 89.2 Å². The molecule has 2 heterocycles. The summed E-state index contributed by atoms with van der Waals surface area (Å²) in [4.78, 5) is 29.0. The Morgan fingerprint density at radius 2 is 1.97 bits per heavy atom. The van der Waals surface area contributed by atoms with E-state index in [2.05, 4.69) is 22.5 Å². The Hall–Kier alpha value is -3.35. The molecular formula is C25H30N4O3. The van der Waals surface area contributed by atoms with E-state index in [1.165, 1.54) is 32.1 Å². The van der Waals surface area contributed by atoms with Crippen LogP contribution in [0.2, 0.25) is 0 Å². The third kappa shape index (κ3) is 5.10. The minimum absolute atomic E-state index is 0.141. The van der Waals surface area contributed by atoms with Gasteiger partial charge < -0.3 is 19.6 Å². The highest BCUT2D eigenvalue weighted by atomic mass is 16.3. The molecule has 1 saturated carbocycles. The quantitative estimate of drug-likeness (QED) is 0.580. The summed E-state index contributed by atoms with van der Waals surface area (Å²) in [6, 6.07) is 11.4. The molecule has 1 aliphatic carbocycles. The average Bonchev–Trinajstić information content (AvgIpc) is 3.48. The van der Waals surface area contributed by atoms with Gasteiger partial charge in [0.15, 0.2) is 11.6 Å². The highest BCUT2D eigenvalue weighted by molar-refractivity contribution is 5.92. The lowest BCUT2D eigenvalue weighted by Gasteiger charge is -2.27. The number of carbonyl (C=O) groups is 2. The molecule has 1 aromatic carbocycles. The molecule has 7 heteroatoms. The summed E-state index contributed by atoms with van der Waals surface area (Å²) in [5.41, 5.74) is 1.78. The Morgan fingerprint density at radius 1 is 1.16 bits per heavy atom. The van der Waals surface area contributed by atoms with E-state index >= 15 is 0 Å². The van der Waals surface area contributed by atoms with Gasteiger partial charge in [-0.3, -0.25) is 9.59 Å². The standard InChI is InChI=1S/C25H30N4O3/c1-17(19-8-4-3-5-9-19)28-24(30)22-12-11-21(32-22)20-10-6-7-18(15-20)16-27-25(31)23-26-13-14-29(23)2/h6-7,10-15,17,19H,3-5,8-9,16H2,1-2H3,(H,27,31)(H,28,30)/t17-/m1/s1. The van der Waals surface area contributed by atoms with Gasteiger partial charge in [-0.2, -0.15) is 0 Å². The molecule has 3 aromatic rings. The predicted molar refractivity (Wildman–Crippen MR) is 122 cm³/mol. The van der Waals surface area contributed by atoms with Crippen LogP contribution in [-0.4, -0.2) is 27.4 Å². The molecule has 0 radical (unpaired) electrons. The maximum absolute atomic E-state index is 12.7. The Labute approximate surface area is 188 Å². The predicted octanol–water partition coefficient (Wildman–Crippen LogP) is 4.31. The second kappa shape index (κ2) is 9.85. The number of imidazole rings is 1. The van der Waals surface area contributed by atoms with Gasteiger partial charge in [-0.05, 0) is 49.4 Å². The van der Waals surface area contributed by atoms with Gasteiger partial charge in [0.25, 0.3) is 11.8 Å². The third-order valence-corrected chi connectivity index (χ3v) is 6.23. The summed E-state index contributed by atoms with van der Waals surface area (Å²) in [6.07, 6.45) is 9.46. The van der Waals surface area contributed by atoms with Gasteiger partial charge in [0.1, 0.15) is 5.76 Å². The van der Waals surface area contributed by atoms with E-state index in [1.54, 1.807) is 30.1 Å². The van der Waals surface area contributed by atoms with E-state index in [-0.39, 0.29) is 17.9 Å². The fourth-order valence-corrected chi connectivity index (χ4v) is 4.33. The number of hydrogen-bond donors (Lipinski definition) is 2. The van der Waals surface area contributed by atoms with Gasteiger partial charge in [0, 0.05) is 37.6 Å². The summed E-state index contributed by atoms with van der Waals surface area (Å²) < 4.78 is 7.54. The monoisotopic (exact) mass is 434 g/mol. The maximum atomic E-state index is 12.7. The van der Waals surface area contributed by atoms with Crippen molar-refractivity contribution >= 4 is 11.8 Å². The van der Waals surface area contributed by atoms with E-state index in [0.29, 0.717) is 29.8 Å².